The van der Waals surface area contributed by atoms with Gasteiger partial charge in [-0.3, -0.25) is 4.79 Å². The van der Waals surface area contributed by atoms with Gasteiger partial charge in [0.15, 0.2) is 0 Å². The number of rotatable bonds is 10. The smallest absolute Gasteiger partial charge is 0.303 e. The highest BCUT2D eigenvalue weighted by Crippen LogP contribution is 2.07. The number of allylic oxidation sites excluding steroid dienone is 3. The second-order valence-electron chi connectivity index (χ2n) is 4.25. The number of unbranched alkanes of at least 4 members (excludes halogenated alkanes) is 5. The number of aliphatic carboxylic acids is 1. The van der Waals surface area contributed by atoms with Gasteiger partial charge in [0.05, 0.1) is 6.10 Å². The lowest BCUT2D eigenvalue weighted by Crippen LogP contribution is -1.93. The molecule has 0 amide bonds. The summed E-state index contributed by atoms with van der Waals surface area (Å²) in [6, 6.07) is 0. The van der Waals surface area contributed by atoms with Crippen LogP contribution in [0.1, 0.15) is 51.9 Å². The number of aliphatic hydroxyl groups is 1. The van der Waals surface area contributed by atoms with Crippen LogP contribution in [0, 0.1) is 0 Å². The second-order valence-corrected chi connectivity index (χ2v) is 4.25. The highest BCUT2D eigenvalue weighted by Gasteiger charge is 1.95. The van der Waals surface area contributed by atoms with Gasteiger partial charge in [-0.05, 0) is 26.2 Å². The van der Waals surface area contributed by atoms with E-state index in [2.05, 4.69) is 6.08 Å². The van der Waals surface area contributed by atoms with E-state index in [1.807, 2.05) is 12.2 Å². The topological polar surface area (TPSA) is 57.5 Å². The molecule has 0 radical (unpaired) electrons. The fourth-order valence-electron chi connectivity index (χ4n) is 1.47. The van der Waals surface area contributed by atoms with Crippen molar-refractivity contribution in [3.8, 4) is 0 Å². The largest absolute Gasteiger partial charge is 0.481 e. The Hall–Kier alpha value is -1.09. The van der Waals surface area contributed by atoms with Gasteiger partial charge in [-0.15, -0.1) is 0 Å². The molecule has 0 saturated carbocycles. The van der Waals surface area contributed by atoms with Crippen LogP contribution in [-0.4, -0.2) is 22.3 Å². The Kier molecular flexibility index (Phi) is 10.7. The summed E-state index contributed by atoms with van der Waals surface area (Å²) in [7, 11) is 0. The summed E-state index contributed by atoms with van der Waals surface area (Å²) in [5.74, 6) is -0.696. The summed E-state index contributed by atoms with van der Waals surface area (Å²) in [6.07, 6.45) is 13.8. The van der Waals surface area contributed by atoms with Crippen LogP contribution in [0.15, 0.2) is 24.3 Å². The molecule has 98 valence electrons. The maximum atomic E-state index is 10.2. The summed E-state index contributed by atoms with van der Waals surface area (Å²) < 4.78 is 0. The third kappa shape index (κ3) is 14.9. The summed E-state index contributed by atoms with van der Waals surface area (Å²) in [4.78, 5) is 10.2. The van der Waals surface area contributed by atoms with Gasteiger partial charge in [-0.1, -0.05) is 43.6 Å². The molecule has 0 aliphatic rings. The number of hydrogen-bond acceptors (Lipinski definition) is 2. The van der Waals surface area contributed by atoms with E-state index in [1.54, 1.807) is 13.0 Å². The molecule has 0 unspecified atom stereocenters. The lowest BCUT2D eigenvalue weighted by Gasteiger charge is -1.97. The number of carboxylic acid groups (broad SMARTS) is 1. The van der Waals surface area contributed by atoms with Gasteiger partial charge >= 0.3 is 5.97 Å². The Labute approximate surface area is 104 Å². The minimum atomic E-state index is -0.696. The fourth-order valence-corrected chi connectivity index (χ4v) is 1.47. The van der Waals surface area contributed by atoms with Crippen molar-refractivity contribution in [2.45, 2.75) is 58.0 Å². The highest BCUT2D eigenvalue weighted by molar-refractivity contribution is 5.66. The summed E-state index contributed by atoms with van der Waals surface area (Å²) in [6.45, 7) is 1.72. The van der Waals surface area contributed by atoms with E-state index in [9.17, 15) is 4.79 Å². The standard InChI is InChI=1S/C14H24O3/c1-13(15)11-9-7-5-3-2-4-6-8-10-12-14(16)17/h5,7,9,11,13,15H,2-4,6,8,10,12H2,1H3,(H,16,17)/b7-5+,11-9+/t13-/m0/s1. The Balaban J connectivity index is 3.21. The summed E-state index contributed by atoms with van der Waals surface area (Å²) in [5.41, 5.74) is 0. The highest BCUT2D eigenvalue weighted by atomic mass is 16.4. The van der Waals surface area contributed by atoms with Crippen LogP contribution in [0.3, 0.4) is 0 Å². The Morgan fingerprint density at radius 2 is 1.76 bits per heavy atom. The van der Waals surface area contributed by atoms with E-state index >= 15 is 0 Å². The molecule has 2 N–H and O–H groups in total. The van der Waals surface area contributed by atoms with Gasteiger partial charge in [0.25, 0.3) is 0 Å². The third-order valence-electron chi connectivity index (χ3n) is 2.40. The van der Waals surface area contributed by atoms with Crippen LogP contribution in [-0.2, 0) is 4.79 Å². The van der Waals surface area contributed by atoms with E-state index < -0.39 is 5.97 Å². The first-order chi connectivity index (χ1) is 8.13. The molecule has 0 bridgehead atoms. The summed E-state index contributed by atoms with van der Waals surface area (Å²) in [5, 5.41) is 17.4. The average molecular weight is 240 g/mol. The van der Waals surface area contributed by atoms with Crippen LogP contribution >= 0.6 is 0 Å². The van der Waals surface area contributed by atoms with E-state index in [-0.39, 0.29) is 6.10 Å². The number of aliphatic hydroxyl groups excluding tert-OH is 1. The minimum absolute atomic E-state index is 0.296. The Bertz CT molecular complexity index is 242. The first kappa shape index (κ1) is 15.9. The molecular weight excluding hydrogens is 216 g/mol. The predicted molar refractivity (Wildman–Crippen MR) is 69.9 cm³/mol. The number of carbonyl (C=O) groups is 1. The third-order valence-corrected chi connectivity index (χ3v) is 2.40. The number of hydrogen-bond donors (Lipinski definition) is 2. The quantitative estimate of drug-likeness (QED) is 0.455. The molecule has 0 fully saturated rings. The normalized spacial score (nSPS) is 13.5. The zero-order chi connectivity index (χ0) is 12.9. The van der Waals surface area contributed by atoms with Crippen molar-refractivity contribution in [1.29, 1.82) is 0 Å². The van der Waals surface area contributed by atoms with Crippen LogP contribution in [0.4, 0.5) is 0 Å². The molecule has 0 aromatic heterocycles. The molecular formula is C14H24O3. The molecule has 1 atom stereocenters. The lowest BCUT2D eigenvalue weighted by molar-refractivity contribution is -0.137. The Morgan fingerprint density at radius 3 is 2.41 bits per heavy atom. The number of carboxylic acids is 1. The van der Waals surface area contributed by atoms with Crippen LogP contribution < -0.4 is 0 Å². The molecule has 0 spiro atoms. The van der Waals surface area contributed by atoms with Gasteiger partial charge in [0, 0.05) is 6.42 Å². The first-order valence-electron chi connectivity index (χ1n) is 6.36. The van der Waals surface area contributed by atoms with E-state index in [1.165, 1.54) is 0 Å². The maximum absolute atomic E-state index is 10.2. The van der Waals surface area contributed by atoms with Crippen molar-refractivity contribution in [3.63, 3.8) is 0 Å². The zero-order valence-electron chi connectivity index (χ0n) is 10.6. The van der Waals surface area contributed by atoms with Gasteiger partial charge in [-0.2, -0.15) is 0 Å². The molecule has 3 nitrogen and oxygen atoms in total. The van der Waals surface area contributed by atoms with Crippen molar-refractivity contribution in [2.75, 3.05) is 0 Å². The van der Waals surface area contributed by atoms with Gasteiger partial charge in [0.2, 0.25) is 0 Å². The molecule has 0 aromatic carbocycles. The van der Waals surface area contributed by atoms with Crippen molar-refractivity contribution in [2.24, 2.45) is 0 Å². The van der Waals surface area contributed by atoms with Crippen LogP contribution in [0.2, 0.25) is 0 Å². The zero-order valence-corrected chi connectivity index (χ0v) is 10.6. The van der Waals surface area contributed by atoms with Crippen molar-refractivity contribution in [1.82, 2.24) is 0 Å². The molecule has 3 heteroatoms. The van der Waals surface area contributed by atoms with Crippen LogP contribution in [0.25, 0.3) is 0 Å². The van der Waals surface area contributed by atoms with Crippen molar-refractivity contribution in [3.05, 3.63) is 24.3 Å². The molecule has 0 aliphatic carbocycles. The lowest BCUT2D eigenvalue weighted by atomic mass is 10.1. The second kappa shape index (κ2) is 11.4. The molecule has 0 rings (SSSR count). The van der Waals surface area contributed by atoms with Crippen molar-refractivity contribution < 1.29 is 15.0 Å². The molecule has 0 aliphatic heterocycles. The molecule has 0 saturated heterocycles. The first-order valence-corrected chi connectivity index (χ1v) is 6.36. The minimum Gasteiger partial charge on any atom is -0.481 e. The van der Waals surface area contributed by atoms with E-state index in [0.29, 0.717) is 6.42 Å². The van der Waals surface area contributed by atoms with E-state index in [0.717, 1.165) is 38.5 Å². The van der Waals surface area contributed by atoms with Crippen molar-refractivity contribution >= 4 is 5.97 Å². The van der Waals surface area contributed by atoms with Gasteiger partial charge < -0.3 is 10.2 Å². The van der Waals surface area contributed by atoms with Gasteiger partial charge in [-0.25, -0.2) is 0 Å². The summed E-state index contributed by atoms with van der Waals surface area (Å²) >= 11 is 0. The fraction of sp³-hybridized carbons (Fsp3) is 0.643. The predicted octanol–water partition coefficient (Wildman–Crippen LogP) is 3.29. The van der Waals surface area contributed by atoms with E-state index in [4.69, 9.17) is 10.2 Å². The van der Waals surface area contributed by atoms with Gasteiger partial charge in [0.1, 0.15) is 0 Å². The average Bonchev–Trinajstić information content (AvgIpc) is 2.25. The Morgan fingerprint density at radius 1 is 1.12 bits per heavy atom. The monoisotopic (exact) mass is 240 g/mol. The molecule has 17 heavy (non-hydrogen) atoms. The molecule has 0 aromatic rings. The SMILES string of the molecule is C[C@H](O)/C=C/C=C/CCCCCCCC(=O)O. The van der Waals surface area contributed by atoms with Crippen LogP contribution in [0.5, 0.6) is 0 Å². The molecule has 0 heterocycles. The maximum Gasteiger partial charge on any atom is 0.303 e.